The van der Waals surface area contributed by atoms with Gasteiger partial charge in [-0.15, -0.1) is 10.2 Å². The fourth-order valence-electron chi connectivity index (χ4n) is 3.02. The second kappa shape index (κ2) is 10.7. The Morgan fingerprint density at radius 3 is 2.45 bits per heavy atom. The molecule has 0 bridgehead atoms. The Morgan fingerprint density at radius 2 is 1.76 bits per heavy atom. The Hall–Kier alpha value is -2.80. The highest BCUT2D eigenvalue weighted by Gasteiger charge is 2.14. The number of carbonyl (C=O) groups excluding carboxylic acids is 1. The molecule has 0 aliphatic heterocycles. The Kier molecular flexibility index (Phi) is 7.69. The number of hydrogen-bond acceptors (Lipinski definition) is 5. The van der Waals surface area contributed by atoms with Crippen LogP contribution in [0.4, 0.5) is 5.69 Å². The normalized spacial score (nSPS) is 10.7. The number of hydrogen-bond donors (Lipinski definition) is 1. The average Bonchev–Trinajstić information content (AvgIpc) is 3.19. The third kappa shape index (κ3) is 5.84. The molecule has 1 amide bonds. The van der Waals surface area contributed by atoms with Crippen molar-refractivity contribution in [3.8, 4) is 11.4 Å². The minimum absolute atomic E-state index is 0.0179. The third-order valence-corrected chi connectivity index (χ3v) is 5.55. The summed E-state index contributed by atoms with van der Waals surface area (Å²) in [7, 11) is 2.06. The average molecular weight is 410 g/mol. The zero-order chi connectivity index (χ0) is 20.5. The minimum Gasteiger partial charge on any atom is -0.375 e. The summed E-state index contributed by atoms with van der Waals surface area (Å²) in [6.45, 7) is 4.37. The lowest BCUT2D eigenvalue weighted by molar-refractivity contribution is -0.118. The summed E-state index contributed by atoms with van der Waals surface area (Å²) in [4.78, 5) is 14.4. The molecule has 0 unspecified atom stereocenters. The molecule has 0 radical (unpaired) electrons. The van der Waals surface area contributed by atoms with Gasteiger partial charge in [0.25, 0.3) is 0 Å². The highest BCUT2D eigenvalue weighted by molar-refractivity contribution is 7.99. The van der Waals surface area contributed by atoms with Gasteiger partial charge in [-0.05, 0) is 25.5 Å². The standard InChI is InChI=1S/C22H27N5OS/c1-3-27-21(18-11-6-4-7-12-18)24-25-22(27)29-17-20(28)23-15-10-16-26(2)19-13-8-5-9-14-19/h4-9,11-14H,3,10,15-17H2,1-2H3,(H,23,28). The van der Waals surface area contributed by atoms with E-state index in [1.54, 1.807) is 0 Å². The Labute approximate surface area is 176 Å². The van der Waals surface area contributed by atoms with Crippen molar-refractivity contribution in [2.24, 2.45) is 0 Å². The van der Waals surface area contributed by atoms with E-state index >= 15 is 0 Å². The van der Waals surface area contributed by atoms with Crippen LogP contribution in [0.1, 0.15) is 13.3 Å². The van der Waals surface area contributed by atoms with Crippen molar-refractivity contribution < 1.29 is 4.79 Å². The van der Waals surface area contributed by atoms with Gasteiger partial charge < -0.3 is 14.8 Å². The van der Waals surface area contributed by atoms with Gasteiger partial charge in [-0.3, -0.25) is 4.79 Å². The smallest absolute Gasteiger partial charge is 0.230 e. The summed E-state index contributed by atoms with van der Waals surface area (Å²) in [6, 6.07) is 20.2. The molecular weight excluding hydrogens is 382 g/mol. The van der Waals surface area contributed by atoms with Crippen molar-refractivity contribution in [3.63, 3.8) is 0 Å². The van der Waals surface area contributed by atoms with Crippen molar-refractivity contribution in [2.45, 2.75) is 25.0 Å². The van der Waals surface area contributed by atoms with Gasteiger partial charge >= 0.3 is 0 Å². The molecule has 0 fully saturated rings. The number of nitrogens with zero attached hydrogens (tertiary/aromatic N) is 4. The Morgan fingerprint density at radius 1 is 1.07 bits per heavy atom. The molecule has 0 saturated heterocycles. The predicted octanol–water partition coefficient (Wildman–Crippen LogP) is 3.70. The van der Waals surface area contributed by atoms with Crippen molar-refractivity contribution >= 4 is 23.4 Å². The SMILES string of the molecule is CCn1c(SCC(=O)NCCCN(C)c2ccccc2)nnc1-c1ccccc1. The summed E-state index contributed by atoms with van der Waals surface area (Å²) in [6.07, 6.45) is 0.894. The van der Waals surface area contributed by atoms with E-state index in [1.807, 2.05) is 53.1 Å². The van der Waals surface area contributed by atoms with Gasteiger partial charge in [0.2, 0.25) is 5.91 Å². The van der Waals surface area contributed by atoms with Crippen LogP contribution in [0, 0.1) is 0 Å². The van der Waals surface area contributed by atoms with Crippen molar-refractivity contribution in [2.75, 3.05) is 30.8 Å². The molecule has 29 heavy (non-hydrogen) atoms. The molecule has 0 aliphatic rings. The van der Waals surface area contributed by atoms with Crippen molar-refractivity contribution in [3.05, 3.63) is 60.7 Å². The van der Waals surface area contributed by atoms with E-state index in [9.17, 15) is 4.79 Å². The molecule has 3 rings (SSSR count). The summed E-state index contributed by atoms with van der Waals surface area (Å²) in [5.74, 6) is 1.19. The fraction of sp³-hybridized carbons (Fsp3) is 0.318. The predicted molar refractivity (Wildman–Crippen MR) is 119 cm³/mol. The third-order valence-electron chi connectivity index (χ3n) is 4.59. The van der Waals surface area contributed by atoms with Crippen LogP contribution in [0.5, 0.6) is 0 Å². The molecule has 1 heterocycles. The summed E-state index contributed by atoms with van der Waals surface area (Å²) in [5.41, 5.74) is 2.21. The van der Waals surface area contributed by atoms with Crippen LogP contribution in [-0.2, 0) is 11.3 Å². The molecule has 152 valence electrons. The maximum absolute atomic E-state index is 12.2. The van der Waals surface area contributed by atoms with Crippen LogP contribution in [0.3, 0.4) is 0 Å². The van der Waals surface area contributed by atoms with Gasteiger partial charge in [-0.2, -0.15) is 0 Å². The molecule has 0 saturated carbocycles. The van der Waals surface area contributed by atoms with Gasteiger partial charge in [-0.25, -0.2) is 0 Å². The molecule has 3 aromatic rings. The number of aromatic nitrogens is 3. The molecule has 0 spiro atoms. The zero-order valence-corrected chi connectivity index (χ0v) is 17.7. The van der Waals surface area contributed by atoms with Gasteiger partial charge in [0, 0.05) is 37.9 Å². The van der Waals surface area contributed by atoms with E-state index in [0.29, 0.717) is 12.3 Å². The first kappa shape index (κ1) is 20.9. The van der Waals surface area contributed by atoms with Crippen molar-refractivity contribution in [1.82, 2.24) is 20.1 Å². The lowest BCUT2D eigenvalue weighted by Gasteiger charge is -2.19. The van der Waals surface area contributed by atoms with Crippen LogP contribution >= 0.6 is 11.8 Å². The monoisotopic (exact) mass is 409 g/mol. The number of amides is 1. The quantitative estimate of drug-likeness (QED) is 0.409. The second-order valence-electron chi connectivity index (χ2n) is 6.67. The van der Waals surface area contributed by atoms with Gasteiger partial charge in [-0.1, -0.05) is 60.3 Å². The van der Waals surface area contributed by atoms with Crippen LogP contribution in [-0.4, -0.2) is 46.6 Å². The molecule has 1 aromatic heterocycles. The largest absolute Gasteiger partial charge is 0.375 e. The first-order chi connectivity index (χ1) is 14.2. The van der Waals surface area contributed by atoms with E-state index in [4.69, 9.17) is 0 Å². The Balaban J connectivity index is 1.43. The maximum atomic E-state index is 12.2. The topological polar surface area (TPSA) is 63.1 Å². The summed E-state index contributed by atoms with van der Waals surface area (Å²) in [5, 5.41) is 12.4. The zero-order valence-electron chi connectivity index (χ0n) is 16.9. The van der Waals surface area contributed by atoms with E-state index < -0.39 is 0 Å². The van der Waals surface area contributed by atoms with Gasteiger partial charge in [0.1, 0.15) is 0 Å². The van der Waals surface area contributed by atoms with Crippen molar-refractivity contribution in [1.29, 1.82) is 0 Å². The first-order valence-electron chi connectivity index (χ1n) is 9.83. The lowest BCUT2D eigenvalue weighted by atomic mass is 10.2. The molecule has 6 nitrogen and oxygen atoms in total. The van der Waals surface area contributed by atoms with Gasteiger partial charge in [0.05, 0.1) is 5.75 Å². The van der Waals surface area contributed by atoms with E-state index in [-0.39, 0.29) is 5.91 Å². The van der Waals surface area contributed by atoms with Gasteiger partial charge in [0.15, 0.2) is 11.0 Å². The fourth-order valence-corrected chi connectivity index (χ4v) is 3.85. The maximum Gasteiger partial charge on any atom is 0.230 e. The number of benzene rings is 2. The second-order valence-corrected chi connectivity index (χ2v) is 7.61. The van der Waals surface area contributed by atoms with Crippen LogP contribution in [0.25, 0.3) is 11.4 Å². The van der Waals surface area contributed by atoms with Crippen LogP contribution < -0.4 is 10.2 Å². The van der Waals surface area contributed by atoms with Crippen LogP contribution in [0.2, 0.25) is 0 Å². The number of thioether (sulfide) groups is 1. The summed E-state index contributed by atoms with van der Waals surface area (Å²) < 4.78 is 2.04. The number of nitrogens with one attached hydrogen (secondary N) is 1. The van der Waals surface area contributed by atoms with E-state index in [1.165, 1.54) is 17.4 Å². The van der Waals surface area contributed by atoms with Crippen LogP contribution in [0.15, 0.2) is 65.8 Å². The molecule has 0 aliphatic carbocycles. The lowest BCUT2D eigenvalue weighted by Crippen LogP contribution is -2.29. The molecule has 2 aromatic carbocycles. The highest BCUT2D eigenvalue weighted by atomic mass is 32.2. The number of rotatable bonds is 10. The molecule has 7 heteroatoms. The molecular formula is C22H27N5OS. The van der Waals surface area contributed by atoms with E-state index in [0.717, 1.165) is 36.1 Å². The summed E-state index contributed by atoms with van der Waals surface area (Å²) >= 11 is 1.42. The van der Waals surface area contributed by atoms with E-state index in [2.05, 4.69) is 46.5 Å². The number of carbonyl (C=O) groups is 1. The number of anilines is 1. The highest BCUT2D eigenvalue weighted by Crippen LogP contribution is 2.23. The molecule has 0 atom stereocenters. The minimum atomic E-state index is 0.0179. The Bertz CT molecular complexity index is 898. The molecule has 1 N–H and O–H groups in total. The first-order valence-corrected chi connectivity index (χ1v) is 10.8. The number of para-hydroxylation sites is 1.